The van der Waals surface area contributed by atoms with Crippen LogP contribution in [0.15, 0.2) is 36.5 Å². The fourth-order valence-electron chi connectivity index (χ4n) is 4.67. The van der Waals surface area contributed by atoms with Gasteiger partial charge >= 0.3 is 0 Å². The summed E-state index contributed by atoms with van der Waals surface area (Å²) in [6, 6.07) is 7.63. The van der Waals surface area contributed by atoms with Crippen molar-refractivity contribution in [2.45, 2.75) is 44.7 Å². The summed E-state index contributed by atoms with van der Waals surface area (Å²) >= 11 is 0. The lowest BCUT2D eigenvalue weighted by Crippen LogP contribution is -2.34. The van der Waals surface area contributed by atoms with Crippen LogP contribution < -0.4 is 5.32 Å². The molecule has 1 aromatic carbocycles. The molecule has 37 heavy (non-hydrogen) atoms. The van der Waals surface area contributed by atoms with E-state index in [9.17, 15) is 18.4 Å². The van der Waals surface area contributed by atoms with E-state index in [0.717, 1.165) is 19.0 Å². The fourth-order valence-corrected chi connectivity index (χ4v) is 4.67. The van der Waals surface area contributed by atoms with Crippen molar-refractivity contribution >= 4 is 28.7 Å². The van der Waals surface area contributed by atoms with Crippen LogP contribution in [-0.4, -0.2) is 54.5 Å². The van der Waals surface area contributed by atoms with E-state index in [1.54, 1.807) is 44.0 Å². The summed E-state index contributed by atoms with van der Waals surface area (Å²) in [6.45, 7) is 3.46. The minimum absolute atomic E-state index is 0.0344. The average Bonchev–Trinajstić information content (AvgIpc) is 3.62. The Labute approximate surface area is 210 Å². The standard InChI is InChI=1S/C26H23F2N7O2/c1-26(2)18-20(24(36)34(3)15-8-9-15)30-22(31-21(18)32-25(26)37)19-16-10-14(27)11-29-23(16)35(33-19)12-13-6-4-5-7-17(13)28/h4-7,10-11,15H,8-9,12H2,1-3H3,(H,30,31,32,37). The van der Waals surface area contributed by atoms with Crippen LogP contribution in [0.2, 0.25) is 0 Å². The molecule has 0 unspecified atom stereocenters. The smallest absolute Gasteiger partial charge is 0.272 e. The fraction of sp³-hybridized carbons (Fsp3) is 0.308. The highest BCUT2D eigenvalue weighted by atomic mass is 19.1. The van der Waals surface area contributed by atoms with Gasteiger partial charge in [-0.15, -0.1) is 0 Å². The van der Waals surface area contributed by atoms with E-state index in [2.05, 4.69) is 25.4 Å². The molecule has 3 aromatic heterocycles. The van der Waals surface area contributed by atoms with Crippen molar-refractivity contribution in [2.24, 2.45) is 0 Å². The number of nitrogens with zero attached hydrogens (tertiary/aromatic N) is 6. The summed E-state index contributed by atoms with van der Waals surface area (Å²) in [4.78, 5) is 41.2. The van der Waals surface area contributed by atoms with Gasteiger partial charge in [0, 0.05) is 24.2 Å². The molecule has 1 N–H and O–H groups in total. The highest BCUT2D eigenvalue weighted by Gasteiger charge is 2.45. The Kier molecular flexibility index (Phi) is 5.08. The van der Waals surface area contributed by atoms with Gasteiger partial charge in [-0.1, -0.05) is 18.2 Å². The summed E-state index contributed by atoms with van der Waals surface area (Å²) in [7, 11) is 1.71. The second kappa shape index (κ2) is 8.12. The van der Waals surface area contributed by atoms with Gasteiger partial charge < -0.3 is 10.2 Å². The lowest BCUT2D eigenvalue weighted by atomic mass is 9.85. The molecule has 2 amide bonds. The average molecular weight is 504 g/mol. The number of rotatable bonds is 5. The molecule has 1 aliphatic carbocycles. The van der Waals surface area contributed by atoms with E-state index in [1.165, 1.54) is 16.8 Å². The molecule has 1 fully saturated rings. The van der Waals surface area contributed by atoms with E-state index in [0.29, 0.717) is 22.2 Å². The van der Waals surface area contributed by atoms with E-state index in [-0.39, 0.29) is 47.4 Å². The van der Waals surface area contributed by atoms with Gasteiger partial charge in [-0.05, 0) is 38.8 Å². The van der Waals surface area contributed by atoms with Crippen molar-refractivity contribution in [1.29, 1.82) is 0 Å². The highest BCUT2D eigenvalue weighted by molar-refractivity contribution is 6.09. The van der Waals surface area contributed by atoms with E-state index in [4.69, 9.17) is 0 Å². The first-order valence-electron chi connectivity index (χ1n) is 11.9. The molecular weight excluding hydrogens is 480 g/mol. The number of fused-ring (bicyclic) bond motifs is 2. The maximum Gasteiger partial charge on any atom is 0.272 e. The van der Waals surface area contributed by atoms with Gasteiger partial charge in [0.1, 0.15) is 28.8 Å². The molecular formula is C26H23F2N7O2. The molecule has 6 rings (SSSR count). The number of benzene rings is 1. The Bertz CT molecular complexity index is 1610. The lowest BCUT2D eigenvalue weighted by Gasteiger charge is -2.21. The number of pyridine rings is 1. The Morgan fingerprint density at radius 3 is 2.70 bits per heavy atom. The number of nitrogens with one attached hydrogen (secondary N) is 1. The molecule has 0 radical (unpaired) electrons. The number of halogens is 2. The van der Waals surface area contributed by atoms with Crippen molar-refractivity contribution in [3.63, 3.8) is 0 Å². The van der Waals surface area contributed by atoms with Gasteiger partial charge in [-0.25, -0.2) is 28.4 Å². The predicted octanol–water partition coefficient (Wildman–Crippen LogP) is 3.68. The SMILES string of the molecule is CN(C(=O)c1nc(-c2nn(Cc3ccccc3F)c3ncc(F)cc23)nc2c1C(C)(C)C(=O)N2)C1CC1. The number of hydrogen-bond donors (Lipinski definition) is 1. The third-order valence-electron chi connectivity index (χ3n) is 6.99. The summed E-state index contributed by atoms with van der Waals surface area (Å²) < 4.78 is 30.1. The number of amides is 2. The van der Waals surface area contributed by atoms with Crippen LogP contribution in [0, 0.1) is 11.6 Å². The molecule has 9 nitrogen and oxygen atoms in total. The van der Waals surface area contributed by atoms with Gasteiger partial charge in [0.25, 0.3) is 5.91 Å². The van der Waals surface area contributed by atoms with E-state index < -0.39 is 17.0 Å². The molecule has 188 valence electrons. The summed E-state index contributed by atoms with van der Waals surface area (Å²) in [5.41, 5.74) is 0.329. The van der Waals surface area contributed by atoms with Gasteiger partial charge in [0.15, 0.2) is 11.5 Å². The molecule has 0 saturated heterocycles. The molecule has 0 atom stereocenters. The van der Waals surface area contributed by atoms with Crippen LogP contribution in [0.4, 0.5) is 14.6 Å². The molecule has 11 heteroatoms. The largest absolute Gasteiger partial charge is 0.337 e. The molecule has 1 saturated carbocycles. The Morgan fingerprint density at radius 2 is 1.97 bits per heavy atom. The molecule has 1 aliphatic heterocycles. The third-order valence-corrected chi connectivity index (χ3v) is 6.99. The zero-order valence-electron chi connectivity index (χ0n) is 20.4. The first kappa shape index (κ1) is 23.1. The van der Waals surface area contributed by atoms with Gasteiger partial charge in [-0.2, -0.15) is 5.10 Å². The first-order valence-corrected chi connectivity index (χ1v) is 11.9. The molecule has 0 bridgehead atoms. The van der Waals surface area contributed by atoms with Crippen molar-refractivity contribution in [2.75, 3.05) is 12.4 Å². The molecule has 4 heterocycles. The zero-order chi connectivity index (χ0) is 26.1. The number of carbonyl (C=O) groups excluding carboxylic acids is 2. The number of carbonyl (C=O) groups is 2. The minimum Gasteiger partial charge on any atom is -0.337 e. The van der Waals surface area contributed by atoms with Crippen molar-refractivity contribution in [3.05, 3.63) is 65.0 Å². The maximum atomic E-state index is 14.4. The first-order chi connectivity index (χ1) is 17.6. The van der Waals surface area contributed by atoms with Crippen LogP contribution in [-0.2, 0) is 16.8 Å². The summed E-state index contributed by atoms with van der Waals surface area (Å²) in [5.74, 6) is -1.39. The minimum atomic E-state index is -1.02. The highest BCUT2D eigenvalue weighted by Crippen LogP contribution is 2.40. The monoisotopic (exact) mass is 503 g/mol. The second-order valence-corrected chi connectivity index (χ2v) is 9.97. The van der Waals surface area contributed by atoms with Crippen molar-refractivity contribution < 1.29 is 18.4 Å². The van der Waals surface area contributed by atoms with Crippen LogP contribution in [0.25, 0.3) is 22.6 Å². The van der Waals surface area contributed by atoms with Crippen LogP contribution in [0.1, 0.15) is 48.3 Å². The van der Waals surface area contributed by atoms with E-state index in [1.807, 2.05) is 0 Å². The molecule has 2 aliphatic rings. The number of anilines is 1. The number of aromatic nitrogens is 5. The van der Waals surface area contributed by atoms with Gasteiger partial charge in [0.2, 0.25) is 5.91 Å². The quantitative estimate of drug-likeness (QED) is 0.446. The second-order valence-electron chi connectivity index (χ2n) is 9.97. The predicted molar refractivity (Wildman–Crippen MR) is 131 cm³/mol. The topological polar surface area (TPSA) is 106 Å². The van der Waals surface area contributed by atoms with E-state index >= 15 is 0 Å². The van der Waals surface area contributed by atoms with Gasteiger partial charge in [0.05, 0.1) is 23.5 Å². The molecule has 4 aromatic rings. The summed E-state index contributed by atoms with van der Waals surface area (Å²) in [5, 5.41) is 7.62. The molecule has 0 spiro atoms. The zero-order valence-corrected chi connectivity index (χ0v) is 20.4. The maximum absolute atomic E-state index is 14.4. The normalized spacial score (nSPS) is 16.1. The Balaban J connectivity index is 1.55. The van der Waals surface area contributed by atoms with Crippen LogP contribution in [0.3, 0.4) is 0 Å². The third kappa shape index (κ3) is 3.73. The van der Waals surface area contributed by atoms with Crippen molar-refractivity contribution in [1.82, 2.24) is 29.6 Å². The van der Waals surface area contributed by atoms with Gasteiger partial charge in [-0.3, -0.25) is 9.59 Å². The lowest BCUT2D eigenvalue weighted by molar-refractivity contribution is -0.119. The number of hydrogen-bond acceptors (Lipinski definition) is 6. The van der Waals surface area contributed by atoms with Crippen molar-refractivity contribution in [3.8, 4) is 11.5 Å². The van der Waals surface area contributed by atoms with Crippen LogP contribution >= 0.6 is 0 Å². The Morgan fingerprint density at radius 1 is 1.22 bits per heavy atom. The Hall–Kier alpha value is -4.28. The van der Waals surface area contributed by atoms with Crippen LogP contribution in [0.5, 0.6) is 0 Å². The summed E-state index contributed by atoms with van der Waals surface area (Å²) in [6.07, 6.45) is 2.86.